The Morgan fingerprint density at radius 1 is 1.19 bits per heavy atom. The molecule has 1 aliphatic heterocycles. The fourth-order valence-corrected chi connectivity index (χ4v) is 3.84. The van der Waals surface area contributed by atoms with E-state index in [4.69, 9.17) is 0 Å². The summed E-state index contributed by atoms with van der Waals surface area (Å²) in [5, 5.41) is 6.76. The van der Waals surface area contributed by atoms with Gasteiger partial charge in [-0.25, -0.2) is 0 Å². The monoisotopic (exact) mass is 286 g/mol. The third kappa shape index (κ3) is 3.29. The zero-order valence-corrected chi connectivity index (χ0v) is 12.9. The second-order valence-electron chi connectivity index (χ2n) is 6.46. The van der Waals surface area contributed by atoms with E-state index >= 15 is 0 Å². The quantitative estimate of drug-likeness (QED) is 0.893. The molecule has 2 N–H and O–H groups in total. The lowest BCUT2D eigenvalue weighted by Gasteiger charge is -2.34. The molecule has 0 spiro atoms. The van der Waals surface area contributed by atoms with Gasteiger partial charge in [-0.05, 0) is 43.2 Å². The van der Waals surface area contributed by atoms with E-state index in [0.717, 1.165) is 24.4 Å². The normalized spacial score (nSPS) is 29.4. The fraction of sp³-hybridized carbons (Fsp3) is 0.611. The van der Waals surface area contributed by atoms with Gasteiger partial charge in [0.15, 0.2) is 0 Å². The summed E-state index contributed by atoms with van der Waals surface area (Å²) in [4.78, 5) is 12.5. The molecule has 114 valence electrons. The Balaban J connectivity index is 1.68. The number of fused-ring (bicyclic) bond motifs is 1. The molecule has 21 heavy (non-hydrogen) atoms. The van der Waals surface area contributed by atoms with Crippen LogP contribution in [0.2, 0.25) is 0 Å². The molecule has 1 aromatic rings. The Kier molecular flexibility index (Phi) is 4.59. The maximum atomic E-state index is 12.5. The van der Waals surface area contributed by atoms with E-state index in [1.165, 1.54) is 37.7 Å². The molecule has 1 fully saturated rings. The lowest BCUT2D eigenvalue weighted by atomic mass is 9.82. The van der Waals surface area contributed by atoms with Crippen molar-refractivity contribution < 1.29 is 4.79 Å². The van der Waals surface area contributed by atoms with Crippen LogP contribution < -0.4 is 10.6 Å². The average Bonchev–Trinajstić information content (AvgIpc) is 2.67. The Hall–Kier alpha value is -1.35. The first kappa shape index (κ1) is 14.6. The van der Waals surface area contributed by atoms with Gasteiger partial charge < -0.3 is 10.6 Å². The van der Waals surface area contributed by atoms with Crippen LogP contribution >= 0.6 is 0 Å². The van der Waals surface area contributed by atoms with Gasteiger partial charge in [0, 0.05) is 11.7 Å². The predicted octanol–water partition coefficient (Wildman–Crippen LogP) is 3.50. The zero-order chi connectivity index (χ0) is 14.7. The van der Waals surface area contributed by atoms with Crippen molar-refractivity contribution in [2.24, 2.45) is 5.92 Å². The minimum Gasteiger partial charge on any atom is -0.324 e. The molecule has 0 aromatic heterocycles. The van der Waals surface area contributed by atoms with Gasteiger partial charge in [0.2, 0.25) is 5.91 Å². The van der Waals surface area contributed by atoms with Crippen LogP contribution in [0.15, 0.2) is 24.3 Å². The summed E-state index contributed by atoms with van der Waals surface area (Å²) in [6.45, 7) is 2.27. The van der Waals surface area contributed by atoms with Crippen LogP contribution in [0, 0.1) is 5.92 Å². The molecular formula is C18H26N2O. The lowest BCUT2D eigenvalue weighted by Crippen LogP contribution is -2.49. The third-order valence-corrected chi connectivity index (χ3v) is 5.14. The van der Waals surface area contributed by atoms with E-state index < -0.39 is 0 Å². The molecule has 1 saturated carbocycles. The first-order valence-electron chi connectivity index (χ1n) is 8.42. The summed E-state index contributed by atoms with van der Waals surface area (Å²) in [5.74, 6) is 0.873. The molecule has 3 rings (SSSR count). The molecule has 3 atom stereocenters. The van der Waals surface area contributed by atoms with Crippen molar-refractivity contribution in [1.82, 2.24) is 5.32 Å². The highest BCUT2D eigenvalue weighted by molar-refractivity contribution is 5.96. The fourth-order valence-electron chi connectivity index (χ4n) is 3.84. The molecule has 1 aliphatic carbocycles. The number of anilines is 1. The first-order chi connectivity index (χ1) is 10.3. The maximum absolute atomic E-state index is 12.5. The molecule has 3 heteroatoms. The molecule has 1 heterocycles. The van der Waals surface area contributed by atoms with Gasteiger partial charge in [-0.3, -0.25) is 4.79 Å². The number of hydrogen-bond donors (Lipinski definition) is 2. The van der Waals surface area contributed by atoms with Crippen LogP contribution in [0.4, 0.5) is 5.69 Å². The highest BCUT2D eigenvalue weighted by atomic mass is 16.2. The molecule has 1 amide bonds. The van der Waals surface area contributed by atoms with Crippen LogP contribution in [0.1, 0.15) is 51.0 Å². The maximum Gasteiger partial charge on any atom is 0.241 e. The van der Waals surface area contributed by atoms with Gasteiger partial charge in [0.05, 0.1) is 6.04 Å². The molecule has 2 aliphatic rings. The van der Waals surface area contributed by atoms with Crippen molar-refractivity contribution in [3.63, 3.8) is 0 Å². The Bertz CT molecular complexity index is 500. The number of aryl methyl sites for hydroxylation is 1. The molecule has 3 nitrogen and oxygen atoms in total. The number of amides is 1. The summed E-state index contributed by atoms with van der Waals surface area (Å²) < 4.78 is 0. The smallest absolute Gasteiger partial charge is 0.241 e. The number of nitrogens with one attached hydrogen (secondary N) is 2. The minimum absolute atomic E-state index is 0.0467. The van der Waals surface area contributed by atoms with Crippen LogP contribution in [0.3, 0.4) is 0 Å². The highest BCUT2D eigenvalue weighted by Crippen LogP contribution is 2.28. The van der Waals surface area contributed by atoms with E-state index in [1.807, 2.05) is 18.2 Å². The van der Waals surface area contributed by atoms with E-state index in [9.17, 15) is 4.79 Å². The molecule has 1 aromatic carbocycles. The summed E-state index contributed by atoms with van der Waals surface area (Å²) in [5.41, 5.74) is 2.24. The number of hydrogen-bond acceptors (Lipinski definition) is 2. The van der Waals surface area contributed by atoms with Gasteiger partial charge in [0.25, 0.3) is 0 Å². The summed E-state index contributed by atoms with van der Waals surface area (Å²) in [7, 11) is 0. The second kappa shape index (κ2) is 6.61. The highest BCUT2D eigenvalue weighted by Gasteiger charge is 2.30. The van der Waals surface area contributed by atoms with Crippen molar-refractivity contribution in [3.8, 4) is 0 Å². The van der Waals surface area contributed by atoms with Crippen LogP contribution in [-0.4, -0.2) is 18.0 Å². The summed E-state index contributed by atoms with van der Waals surface area (Å²) >= 11 is 0. The Morgan fingerprint density at radius 3 is 2.86 bits per heavy atom. The molecule has 0 radical (unpaired) electrons. The standard InChI is InChI=1S/C18H26N2O/c1-2-13-7-3-5-9-15(13)19-17-12-11-14-8-4-6-10-16(14)20-18(17)21/h4,6,8,10,13,15,17,19H,2-3,5,7,9,11-12H2,1H3,(H,20,21). The SMILES string of the molecule is CCC1CCCCC1NC1CCc2ccccc2NC1=O. The predicted molar refractivity (Wildman–Crippen MR) is 86.4 cm³/mol. The van der Waals surface area contributed by atoms with Crippen LogP contribution in [-0.2, 0) is 11.2 Å². The van der Waals surface area contributed by atoms with E-state index in [0.29, 0.717) is 6.04 Å². The van der Waals surface area contributed by atoms with Crippen molar-refractivity contribution in [3.05, 3.63) is 29.8 Å². The van der Waals surface area contributed by atoms with Crippen LogP contribution in [0.25, 0.3) is 0 Å². The third-order valence-electron chi connectivity index (χ3n) is 5.14. The number of para-hydroxylation sites is 1. The van der Waals surface area contributed by atoms with E-state index in [1.54, 1.807) is 0 Å². The van der Waals surface area contributed by atoms with Gasteiger partial charge in [-0.1, -0.05) is 44.4 Å². The largest absolute Gasteiger partial charge is 0.324 e. The average molecular weight is 286 g/mol. The molecule has 3 unspecified atom stereocenters. The van der Waals surface area contributed by atoms with Gasteiger partial charge in [-0.15, -0.1) is 0 Å². The van der Waals surface area contributed by atoms with Crippen LogP contribution in [0.5, 0.6) is 0 Å². The van der Waals surface area contributed by atoms with Gasteiger partial charge in [-0.2, -0.15) is 0 Å². The zero-order valence-electron chi connectivity index (χ0n) is 12.9. The van der Waals surface area contributed by atoms with Crippen molar-refractivity contribution >= 4 is 11.6 Å². The lowest BCUT2D eigenvalue weighted by molar-refractivity contribution is -0.118. The number of carbonyl (C=O) groups excluding carboxylic acids is 1. The second-order valence-corrected chi connectivity index (χ2v) is 6.46. The molecule has 0 bridgehead atoms. The van der Waals surface area contributed by atoms with Crippen molar-refractivity contribution in [1.29, 1.82) is 0 Å². The van der Waals surface area contributed by atoms with E-state index in [2.05, 4.69) is 23.6 Å². The topological polar surface area (TPSA) is 41.1 Å². The summed E-state index contributed by atoms with van der Waals surface area (Å²) in [6, 6.07) is 8.63. The molecule has 0 saturated heterocycles. The number of carbonyl (C=O) groups is 1. The number of benzene rings is 1. The molecular weight excluding hydrogens is 260 g/mol. The van der Waals surface area contributed by atoms with E-state index in [-0.39, 0.29) is 11.9 Å². The van der Waals surface area contributed by atoms with Gasteiger partial charge >= 0.3 is 0 Å². The Labute approximate surface area is 127 Å². The minimum atomic E-state index is -0.0467. The number of rotatable bonds is 3. The van der Waals surface area contributed by atoms with Crippen molar-refractivity contribution in [2.45, 2.75) is 64.0 Å². The Morgan fingerprint density at radius 2 is 2.00 bits per heavy atom. The summed E-state index contributed by atoms with van der Waals surface area (Å²) in [6.07, 6.45) is 8.25. The first-order valence-corrected chi connectivity index (χ1v) is 8.42. The van der Waals surface area contributed by atoms with Gasteiger partial charge in [0.1, 0.15) is 0 Å². The van der Waals surface area contributed by atoms with Crippen molar-refractivity contribution in [2.75, 3.05) is 5.32 Å².